The lowest BCUT2D eigenvalue weighted by Gasteiger charge is -2.26. The lowest BCUT2D eigenvalue weighted by molar-refractivity contribution is -0.135. The summed E-state index contributed by atoms with van der Waals surface area (Å²) in [7, 11) is 0. The van der Waals surface area contributed by atoms with Gasteiger partial charge in [-0.2, -0.15) is 0 Å². The van der Waals surface area contributed by atoms with Crippen LogP contribution in [0.15, 0.2) is 58.6 Å². The zero-order valence-corrected chi connectivity index (χ0v) is 15.9. The number of carbonyl (C=O) groups excluding carboxylic acids is 2. The summed E-state index contributed by atoms with van der Waals surface area (Å²) in [6.45, 7) is 3.61. The van der Waals surface area contributed by atoms with E-state index in [1.807, 2.05) is 24.3 Å². The second-order valence-corrected chi connectivity index (χ2v) is 7.49. The van der Waals surface area contributed by atoms with Crippen LogP contribution in [0.5, 0.6) is 11.5 Å². The fourth-order valence-corrected chi connectivity index (χ4v) is 4.01. The number of carbonyl (C=O) groups is 2. The molecule has 1 atom stereocenters. The third kappa shape index (κ3) is 2.60. The van der Waals surface area contributed by atoms with Gasteiger partial charge in [-0.3, -0.25) is 14.4 Å². The van der Waals surface area contributed by atoms with Crippen molar-refractivity contribution in [3.8, 4) is 11.5 Å². The molecule has 5 rings (SSSR count). The second-order valence-electron chi connectivity index (χ2n) is 7.49. The van der Waals surface area contributed by atoms with Gasteiger partial charge in [0, 0.05) is 22.6 Å². The zero-order valence-electron chi connectivity index (χ0n) is 15.9. The van der Waals surface area contributed by atoms with E-state index in [-0.39, 0.29) is 23.5 Å². The number of H-pyrrole nitrogens is 1. The number of aromatic amines is 1. The highest BCUT2D eigenvalue weighted by Gasteiger charge is 2.39. The van der Waals surface area contributed by atoms with E-state index in [9.17, 15) is 14.4 Å². The number of hydrogen-bond donors (Lipinski definition) is 1. The molecule has 1 aromatic heterocycles. The highest BCUT2D eigenvalue weighted by atomic mass is 16.5. The fourth-order valence-electron chi connectivity index (χ4n) is 4.01. The highest BCUT2D eigenvalue weighted by molar-refractivity contribution is 6.13. The van der Waals surface area contributed by atoms with Gasteiger partial charge in [0.1, 0.15) is 11.5 Å². The summed E-state index contributed by atoms with van der Waals surface area (Å²) in [5.74, 6) is -0.239. The van der Waals surface area contributed by atoms with Crippen LogP contribution in [0.3, 0.4) is 0 Å². The number of aromatic nitrogens is 1. The molecule has 1 N–H and O–H groups in total. The maximum atomic E-state index is 12.9. The molecule has 0 radical (unpaired) electrons. The van der Waals surface area contributed by atoms with Crippen molar-refractivity contribution in [2.24, 2.45) is 0 Å². The number of fused-ring (bicyclic) bond motifs is 4. The van der Waals surface area contributed by atoms with Crippen molar-refractivity contribution in [3.63, 3.8) is 0 Å². The van der Waals surface area contributed by atoms with Gasteiger partial charge in [-0.25, -0.2) is 0 Å². The number of nitrogens with one attached hydrogen (secondary N) is 1. The minimum absolute atomic E-state index is 0.00736. The van der Waals surface area contributed by atoms with Gasteiger partial charge in [0.2, 0.25) is 5.78 Å². The van der Waals surface area contributed by atoms with Gasteiger partial charge < -0.3 is 14.5 Å². The van der Waals surface area contributed by atoms with E-state index in [1.54, 1.807) is 32.0 Å². The number of para-hydroxylation sites is 1. The van der Waals surface area contributed by atoms with Crippen LogP contribution >= 0.6 is 0 Å². The number of hydrogen-bond acceptors (Lipinski definition) is 5. The zero-order chi connectivity index (χ0) is 20.3. The summed E-state index contributed by atoms with van der Waals surface area (Å²) in [4.78, 5) is 40.7. The SMILES string of the molecule is CC(C)=C1Oc2c(ccc3c2[C@H](c2cc4ccccc4[nH]c2=O)CC(=O)O3)C1=O. The van der Waals surface area contributed by atoms with Crippen LogP contribution in [0.4, 0.5) is 0 Å². The van der Waals surface area contributed by atoms with Gasteiger partial charge in [-0.15, -0.1) is 0 Å². The van der Waals surface area contributed by atoms with Gasteiger partial charge in [0.05, 0.1) is 12.0 Å². The van der Waals surface area contributed by atoms with E-state index in [1.165, 1.54) is 0 Å². The summed E-state index contributed by atoms with van der Waals surface area (Å²) >= 11 is 0. The maximum absolute atomic E-state index is 12.9. The number of ketones is 1. The average Bonchev–Trinajstić information content (AvgIpc) is 3.03. The molecule has 144 valence electrons. The first-order chi connectivity index (χ1) is 13.9. The van der Waals surface area contributed by atoms with Crippen molar-refractivity contribution in [1.29, 1.82) is 0 Å². The normalized spacial score (nSPS) is 17.6. The van der Waals surface area contributed by atoms with Crippen LogP contribution in [-0.2, 0) is 4.79 Å². The number of rotatable bonds is 1. The number of ether oxygens (including phenoxy) is 2. The van der Waals surface area contributed by atoms with Crippen molar-refractivity contribution in [2.75, 3.05) is 0 Å². The molecular weight excluding hydrogens is 370 g/mol. The third-order valence-electron chi connectivity index (χ3n) is 5.37. The molecule has 0 fully saturated rings. The van der Waals surface area contributed by atoms with E-state index >= 15 is 0 Å². The quantitative estimate of drug-likeness (QED) is 0.390. The van der Waals surface area contributed by atoms with Crippen LogP contribution in [0.2, 0.25) is 0 Å². The second kappa shape index (κ2) is 6.17. The predicted molar refractivity (Wildman–Crippen MR) is 106 cm³/mol. The monoisotopic (exact) mass is 387 g/mol. The number of allylic oxidation sites excluding steroid dienone is 2. The number of benzene rings is 2. The van der Waals surface area contributed by atoms with Crippen LogP contribution in [-0.4, -0.2) is 16.7 Å². The Morgan fingerprint density at radius 3 is 2.62 bits per heavy atom. The molecule has 0 bridgehead atoms. The van der Waals surface area contributed by atoms with Crippen LogP contribution in [0.1, 0.15) is 47.7 Å². The molecule has 0 aliphatic carbocycles. The molecule has 0 unspecified atom stereocenters. The summed E-state index contributed by atoms with van der Waals surface area (Å²) < 4.78 is 11.3. The van der Waals surface area contributed by atoms with Gasteiger partial charge in [0.25, 0.3) is 5.56 Å². The molecule has 2 aliphatic rings. The molecule has 6 heteroatoms. The van der Waals surface area contributed by atoms with Crippen LogP contribution in [0, 0.1) is 0 Å². The topological polar surface area (TPSA) is 85.5 Å². The Bertz CT molecular complexity index is 1310. The largest absolute Gasteiger partial charge is 0.452 e. The Morgan fingerprint density at radius 1 is 1.03 bits per heavy atom. The van der Waals surface area contributed by atoms with E-state index in [0.717, 1.165) is 16.5 Å². The lowest BCUT2D eigenvalue weighted by atomic mass is 9.85. The van der Waals surface area contributed by atoms with E-state index in [2.05, 4.69) is 4.98 Å². The molecule has 0 saturated carbocycles. The van der Waals surface area contributed by atoms with Crippen molar-refractivity contribution in [1.82, 2.24) is 4.98 Å². The van der Waals surface area contributed by atoms with Crippen LogP contribution in [0.25, 0.3) is 10.9 Å². The molecule has 2 aliphatic heterocycles. The van der Waals surface area contributed by atoms with Gasteiger partial charge in [0.15, 0.2) is 5.76 Å². The molecule has 6 nitrogen and oxygen atoms in total. The Labute approximate surface area is 165 Å². The fraction of sp³-hybridized carbons (Fsp3) is 0.174. The highest BCUT2D eigenvalue weighted by Crippen LogP contribution is 2.48. The molecule has 3 aromatic rings. The van der Waals surface area contributed by atoms with Gasteiger partial charge in [-0.1, -0.05) is 18.2 Å². The van der Waals surface area contributed by atoms with Gasteiger partial charge >= 0.3 is 5.97 Å². The van der Waals surface area contributed by atoms with Crippen LogP contribution < -0.4 is 15.0 Å². The van der Waals surface area contributed by atoms with E-state index in [0.29, 0.717) is 28.2 Å². The predicted octanol–water partition coefficient (Wildman–Crippen LogP) is 3.84. The van der Waals surface area contributed by atoms with Crippen molar-refractivity contribution >= 4 is 22.7 Å². The maximum Gasteiger partial charge on any atom is 0.312 e. The standard InChI is InChI=1S/C23H17NO5/c1-11(2)21-20(26)13-7-8-17-19(22(13)29-21)14(10-18(25)28-17)15-9-12-5-3-4-6-16(12)24-23(15)27/h3-9,14H,10H2,1-2H3,(H,24,27)/t14-/m0/s1. The minimum Gasteiger partial charge on any atom is -0.452 e. The number of Topliss-reactive ketones (excluding diaryl/α,β-unsaturated/α-hetero) is 1. The Kier molecular flexibility index (Phi) is 3.71. The van der Waals surface area contributed by atoms with Crippen molar-refractivity contribution < 1.29 is 19.1 Å². The molecule has 0 spiro atoms. The first-order valence-corrected chi connectivity index (χ1v) is 9.33. The summed E-state index contributed by atoms with van der Waals surface area (Å²) in [6, 6.07) is 12.4. The molecule has 2 aromatic carbocycles. The van der Waals surface area contributed by atoms with E-state index in [4.69, 9.17) is 9.47 Å². The smallest absolute Gasteiger partial charge is 0.312 e. The summed E-state index contributed by atoms with van der Waals surface area (Å²) in [5, 5.41) is 0.858. The summed E-state index contributed by atoms with van der Waals surface area (Å²) in [5.41, 5.74) is 2.62. The first-order valence-electron chi connectivity index (χ1n) is 9.33. The molecular formula is C23H17NO5. The number of esters is 1. The molecule has 29 heavy (non-hydrogen) atoms. The Hall–Kier alpha value is -3.67. The van der Waals surface area contributed by atoms with Crippen molar-refractivity contribution in [2.45, 2.75) is 26.2 Å². The molecule has 3 heterocycles. The lowest BCUT2D eigenvalue weighted by Crippen LogP contribution is -2.26. The third-order valence-corrected chi connectivity index (χ3v) is 5.37. The number of pyridine rings is 1. The Balaban J connectivity index is 1.76. The Morgan fingerprint density at radius 2 is 1.83 bits per heavy atom. The van der Waals surface area contributed by atoms with Crippen molar-refractivity contribution in [3.05, 3.63) is 80.8 Å². The van der Waals surface area contributed by atoms with Gasteiger partial charge in [-0.05, 0) is 49.1 Å². The summed E-state index contributed by atoms with van der Waals surface area (Å²) in [6.07, 6.45) is -0.00736. The van der Waals surface area contributed by atoms with E-state index < -0.39 is 11.9 Å². The average molecular weight is 387 g/mol. The first kappa shape index (κ1) is 17.4. The molecule has 0 amide bonds. The molecule has 0 saturated heterocycles. The minimum atomic E-state index is -0.570.